The summed E-state index contributed by atoms with van der Waals surface area (Å²) in [5.41, 5.74) is 3.78. The van der Waals surface area contributed by atoms with Crippen molar-refractivity contribution in [1.29, 1.82) is 0 Å². The summed E-state index contributed by atoms with van der Waals surface area (Å²) < 4.78 is 0. The Kier molecular flexibility index (Phi) is 2.51. The monoisotopic (exact) mass is 203 g/mol. The van der Waals surface area contributed by atoms with Gasteiger partial charge >= 0.3 is 0 Å². The van der Waals surface area contributed by atoms with Gasteiger partial charge in [0.15, 0.2) is 0 Å². The van der Waals surface area contributed by atoms with Crippen LogP contribution in [-0.4, -0.2) is 16.8 Å². The van der Waals surface area contributed by atoms with Gasteiger partial charge in [-0.1, -0.05) is 18.2 Å². The van der Waals surface area contributed by atoms with Crippen molar-refractivity contribution in [2.75, 3.05) is 0 Å². The molecule has 15 heavy (non-hydrogen) atoms. The fourth-order valence-corrected chi connectivity index (χ4v) is 2.16. The molecule has 2 nitrogen and oxygen atoms in total. The molecule has 0 spiro atoms. The van der Waals surface area contributed by atoms with Crippen LogP contribution in [-0.2, 0) is 17.8 Å². The van der Waals surface area contributed by atoms with Gasteiger partial charge in [-0.25, -0.2) is 0 Å². The van der Waals surface area contributed by atoms with Gasteiger partial charge < -0.3 is 4.90 Å². The van der Waals surface area contributed by atoms with Crippen molar-refractivity contribution in [3.05, 3.63) is 34.9 Å². The van der Waals surface area contributed by atoms with E-state index in [1.54, 1.807) is 0 Å². The molecule has 0 unspecified atom stereocenters. The molecule has 0 atom stereocenters. The first kappa shape index (κ1) is 10.2. The van der Waals surface area contributed by atoms with Crippen LogP contribution in [0.5, 0.6) is 0 Å². The Morgan fingerprint density at radius 3 is 2.73 bits per heavy atom. The van der Waals surface area contributed by atoms with Crippen LogP contribution in [0.15, 0.2) is 18.2 Å². The second-order valence-corrected chi connectivity index (χ2v) is 4.50. The minimum absolute atomic E-state index is 0.256. The second kappa shape index (κ2) is 3.69. The number of fused-ring (bicyclic) bond motifs is 1. The van der Waals surface area contributed by atoms with E-state index >= 15 is 0 Å². The Morgan fingerprint density at radius 1 is 1.33 bits per heavy atom. The smallest absolute Gasteiger partial charge is 0.227 e. The summed E-state index contributed by atoms with van der Waals surface area (Å²) in [6.45, 7) is 6.99. The average Bonchev–Trinajstić information content (AvgIpc) is 2.18. The SMILES string of the molecule is Cc1cccc2c1CC(=O)N(C(C)C)C2. The van der Waals surface area contributed by atoms with Crippen LogP contribution in [0.2, 0.25) is 0 Å². The highest BCUT2D eigenvalue weighted by Crippen LogP contribution is 2.23. The first-order valence-electron chi connectivity index (χ1n) is 5.46. The third-order valence-corrected chi connectivity index (χ3v) is 3.12. The fraction of sp³-hybridized carbons (Fsp3) is 0.462. The molecule has 80 valence electrons. The largest absolute Gasteiger partial charge is 0.336 e. The molecule has 0 aromatic heterocycles. The Balaban J connectivity index is 2.38. The van der Waals surface area contributed by atoms with E-state index in [-0.39, 0.29) is 5.91 Å². The summed E-state index contributed by atoms with van der Waals surface area (Å²) in [4.78, 5) is 13.8. The molecule has 1 aromatic carbocycles. The minimum atomic E-state index is 0.256. The van der Waals surface area contributed by atoms with E-state index in [0.29, 0.717) is 12.5 Å². The highest BCUT2D eigenvalue weighted by atomic mass is 16.2. The Hall–Kier alpha value is -1.31. The summed E-state index contributed by atoms with van der Waals surface area (Å²) in [5.74, 6) is 0.256. The molecule has 1 aliphatic heterocycles. The van der Waals surface area contributed by atoms with Crippen LogP contribution in [0.4, 0.5) is 0 Å². The quantitative estimate of drug-likeness (QED) is 0.685. The molecule has 0 fully saturated rings. The number of hydrogen-bond acceptors (Lipinski definition) is 1. The summed E-state index contributed by atoms with van der Waals surface area (Å²) in [7, 11) is 0. The molecular weight excluding hydrogens is 186 g/mol. The highest BCUT2D eigenvalue weighted by Gasteiger charge is 2.25. The zero-order valence-electron chi connectivity index (χ0n) is 9.58. The van der Waals surface area contributed by atoms with Gasteiger partial charge in [0, 0.05) is 12.6 Å². The van der Waals surface area contributed by atoms with Crippen molar-refractivity contribution in [3.8, 4) is 0 Å². The lowest BCUT2D eigenvalue weighted by Crippen LogP contribution is -2.41. The molecule has 1 amide bonds. The molecule has 1 aliphatic rings. The van der Waals surface area contributed by atoms with E-state index in [2.05, 4.69) is 39.0 Å². The maximum absolute atomic E-state index is 11.9. The van der Waals surface area contributed by atoms with Crippen molar-refractivity contribution < 1.29 is 4.79 Å². The van der Waals surface area contributed by atoms with E-state index in [1.807, 2.05) is 4.90 Å². The summed E-state index contributed by atoms with van der Waals surface area (Å²) in [5, 5.41) is 0. The van der Waals surface area contributed by atoms with Crippen molar-refractivity contribution in [2.24, 2.45) is 0 Å². The van der Waals surface area contributed by atoms with Gasteiger partial charge in [0.2, 0.25) is 5.91 Å². The number of aryl methyl sites for hydroxylation is 1. The van der Waals surface area contributed by atoms with Crippen LogP contribution >= 0.6 is 0 Å². The van der Waals surface area contributed by atoms with Crippen LogP contribution in [0.1, 0.15) is 30.5 Å². The van der Waals surface area contributed by atoms with Gasteiger partial charge in [0.25, 0.3) is 0 Å². The van der Waals surface area contributed by atoms with Crippen LogP contribution in [0.3, 0.4) is 0 Å². The Labute approximate surface area is 90.9 Å². The third kappa shape index (κ3) is 1.76. The second-order valence-electron chi connectivity index (χ2n) is 4.50. The van der Waals surface area contributed by atoms with Gasteiger partial charge in [-0.05, 0) is 37.5 Å². The first-order chi connectivity index (χ1) is 7.09. The van der Waals surface area contributed by atoms with Crippen molar-refractivity contribution in [2.45, 2.75) is 39.8 Å². The highest BCUT2D eigenvalue weighted by molar-refractivity contribution is 5.81. The molecule has 0 radical (unpaired) electrons. The summed E-state index contributed by atoms with van der Waals surface area (Å²) in [6, 6.07) is 6.58. The number of amides is 1. The Morgan fingerprint density at radius 2 is 2.07 bits per heavy atom. The number of nitrogens with zero attached hydrogens (tertiary/aromatic N) is 1. The number of benzene rings is 1. The van der Waals surface area contributed by atoms with E-state index in [9.17, 15) is 4.79 Å². The lowest BCUT2D eigenvalue weighted by atomic mass is 9.94. The van der Waals surface area contributed by atoms with Gasteiger partial charge in [0.1, 0.15) is 0 Å². The number of hydrogen-bond donors (Lipinski definition) is 0. The normalized spacial score (nSPS) is 15.7. The number of rotatable bonds is 1. The Bertz CT molecular complexity index is 396. The predicted molar refractivity (Wildman–Crippen MR) is 60.6 cm³/mol. The van der Waals surface area contributed by atoms with Crippen molar-refractivity contribution in [1.82, 2.24) is 4.90 Å². The molecule has 1 heterocycles. The van der Waals surface area contributed by atoms with Gasteiger partial charge in [-0.2, -0.15) is 0 Å². The molecule has 0 aliphatic carbocycles. The van der Waals surface area contributed by atoms with E-state index < -0.39 is 0 Å². The number of carbonyl (C=O) groups is 1. The molecule has 0 saturated heterocycles. The summed E-state index contributed by atoms with van der Waals surface area (Å²) >= 11 is 0. The molecule has 0 saturated carbocycles. The third-order valence-electron chi connectivity index (χ3n) is 3.12. The van der Waals surface area contributed by atoms with Gasteiger partial charge in [-0.15, -0.1) is 0 Å². The maximum Gasteiger partial charge on any atom is 0.227 e. The van der Waals surface area contributed by atoms with Crippen LogP contribution in [0.25, 0.3) is 0 Å². The minimum Gasteiger partial charge on any atom is -0.336 e. The van der Waals surface area contributed by atoms with E-state index in [1.165, 1.54) is 16.7 Å². The van der Waals surface area contributed by atoms with Gasteiger partial charge in [0.05, 0.1) is 6.42 Å². The zero-order valence-corrected chi connectivity index (χ0v) is 9.58. The van der Waals surface area contributed by atoms with E-state index in [0.717, 1.165) is 6.54 Å². The molecule has 2 rings (SSSR count). The van der Waals surface area contributed by atoms with Crippen molar-refractivity contribution in [3.63, 3.8) is 0 Å². The van der Waals surface area contributed by atoms with Crippen LogP contribution in [0, 0.1) is 6.92 Å². The first-order valence-corrected chi connectivity index (χ1v) is 5.46. The zero-order chi connectivity index (χ0) is 11.0. The lowest BCUT2D eigenvalue weighted by molar-refractivity contribution is -0.133. The number of carbonyl (C=O) groups excluding carboxylic acids is 1. The maximum atomic E-state index is 11.9. The fourth-order valence-electron chi connectivity index (χ4n) is 2.16. The topological polar surface area (TPSA) is 20.3 Å². The standard InChI is InChI=1S/C13H17NO/c1-9(2)14-8-11-6-4-5-10(3)12(11)7-13(14)15/h4-6,9H,7-8H2,1-3H3. The van der Waals surface area contributed by atoms with E-state index in [4.69, 9.17) is 0 Å². The lowest BCUT2D eigenvalue weighted by Gasteiger charge is -2.32. The molecular formula is C13H17NO. The predicted octanol–water partition coefficient (Wildman–Crippen LogP) is 2.29. The molecule has 2 heteroatoms. The van der Waals surface area contributed by atoms with Crippen molar-refractivity contribution >= 4 is 5.91 Å². The molecule has 0 N–H and O–H groups in total. The van der Waals surface area contributed by atoms with Crippen LogP contribution < -0.4 is 0 Å². The van der Waals surface area contributed by atoms with Gasteiger partial charge in [-0.3, -0.25) is 4.79 Å². The molecule has 1 aromatic rings. The summed E-state index contributed by atoms with van der Waals surface area (Å²) in [6.07, 6.45) is 0.570. The molecule has 0 bridgehead atoms. The average molecular weight is 203 g/mol.